The molecule has 2 aromatic carbocycles. The van der Waals surface area contributed by atoms with E-state index in [-0.39, 0.29) is 5.76 Å². The fourth-order valence-corrected chi connectivity index (χ4v) is 4.32. The quantitative estimate of drug-likeness (QED) is 0.218. The van der Waals surface area contributed by atoms with E-state index in [1.165, 1.54) is 0 Å². The van der Waals surface area contributed by atoms with Gasteiger partial charge in [-0.05, 0) is 59.0 Å². The number of rotatable bonds is 4. The number of carbonyl (C=O) groups excluding carboxylic acids is 1. The minimum Gasteiger partial charge on any atom is -0.450 e. The number of fused-ring (bicyclic) bond motifs is 1. The normalized spacial score (nSPS) is 11.3. The SMILES string of the molecule is O=C(N/N=C\c1ccn(-c2ccccc2)c1)c1cc2cc(Br)cc(I)c2o1. The lowest BCUT2D eigenvalue weighted by molar-refractivity contribution is 0.0929. The highest BCUT2D eigenvalue weighted by molar-refractivity contribution is 14.1. The third kappa shape index (κ3) is 3.98. The van der Waals surface area contributed by atoms with Crippen molar-refractivity contribution < 1.29 is 9.21 Å². The highest BCUT2D eigenvalue weighted by atomic mass is 127. The Balaban J connectivity index is 1.46. The van der Waals surface area contributed by atoms with Gasteiger partial charge >= 0.3 is 5.91 Å². The maximum Gasteiger partial charge on any atom is 0.307 e. The van der Waals surface area contributed by atoms with Crippen molar-refractivity contribution in [3.63, 3.8) is 0 Å². The molecule has 2 heterocycles. The number of amides is 1. The molecule has 4 rings (SSSR count). The zero-order valence-electron chi connectivity index (χ0n) is 13.9. The third-order valence-corrected chi connectivity index (χ3v) is 5.17. The van der Waals surface area contributed by atoms with Crippen LogP contribution < -0.4 is 5.43 Å². The molecule has 4 aromatic rings. The summed E-state index contributed by atoms with van der Waals surface area (Å²) in [5, 5.41) is 4.89. The number of carbonyl (C=O) groups is 1. The molecule has 0 saturated carbocycles. The fourth-order valence-electron chi connectivity index (χ4n) is 2.66. The first-order valence-corrected chi connectivity index (χ1v) is 9.93. The lowest BCUT2D eigenvalue weighted by Crippen LogP contribution is -2.16. The molecule has 0 unspecified atom stereocenters. The number of hydrazone groups is 1. The predicted octanol–water partition coefficient (Wildman–Crippen LogP) is 5.35. The zero-order chi connectivity index (χ0) is 18.8. The summed E-state index contributed by atoms with van der Waals surface area (Å²) in [5.74, 6) is -0.170. The van der Waals surface area contributed by atoms with Gasteiger partial charge in [0.05, 0.1) is 9.78 Å². The molecule has 0 aliphatic carbocycles. The second-order valence-electron chi connectivity index (χ2n) is 5.80. The number of para-hydroxylation sites is 1. The van der Waals surface area contributed by atoms with E-state index < -0.39 is 5.91 Å². The number of halogens is 2. The second kappa shape index (κ2) is 7.69. The predicted molar refractivity (Wildman–Crippen MR) is 117 cm³/mol. The first-order chi connectivity index (χ1) is 13.1. The summed E-state index contributed by atoms with van der Waals surface area (Å²) in [4.78, 5) is 12.3. The van der Waals surface area contributed by atoms with E-state index in [0.717, 1.165) is 24.7 Å². The molecule has 0 fully saturated rings. The molecule has 0 aliphatic heterocycles. The third-order valence-electron chi connectivity index (χ3n) is 3.91. The van der Waals surface area contributed by atoms with E-state index in [1.807, 2.05) is 65.5 Å². The van der Waals surface area contributed by atoms with Crippen molar-refractivity contribution >= 4 is 61.6 Å². The molecular formula is C20H13BrIN3O2. The van der Waals surface area contributed by atoms with Crippen molar-refractivity contribution in [3.8, 4) is 5.69 Å². The number of aromatic nitrogens is 1. The van der Waals surface area contributed by atoms with Crippen LogP contribution in [0.25, 0.3) is 16.7 Å². The van der Waals surface area contributed by atoms with Gasteiger partial charge in [0.1, 0.15) is 5.58 Å². The number of nitrogens with zero attached hydrogens (tertiary/aromatic N) is 2. The summed E-state index contributed by atoms with van der Waals surface area (Å²) in [5.41, 5.74) is 5.13. The molecule has 0 atom stereocenters. The van der Waals surface area contributed by atoms with Crippen LogP contribution in [-0.4, -0.2) is 16.7 Å². The Labute approximate surface area is 177 Å². The first kappa shape index (κ1) is 18.0. The van der Waals surface area contributed by atoms with Crippen molar-refractivity contribution in [3.05, 3.63) is 86.4 Å². The topological polar surface area (TPSA) is 59.5 Å². The molecular weight excluding hydrogens is 521 g/mol. The number of hydrogen-bond acceptors (Lipinski definition) is 3. The molecule has 2 aromatic heterocycles. The average molecular weight is 534 g/mol. The molecule has 0 radical (unpaired) electrons. The number of benzene rings is 2. The molecule has 0 saturated heterocycles. The van der Waals surface area contributed by atoms with E-state index in [9.17, 15) is 4.79 Å². The van der Waals surface area contributed by atoms with E-state index in [4.69, 9.17) is 4.42 Å². The summed E-state index contributed by atoms with van der Waals surface area (Å²) in [6.07, 6.45) is 5.48. The maximum atomic E-state index is 12.3. The van der Waals surface area contributed by atoms with E-state index in [0.29, 0.717) is 5.58 Å². The Morgan fingerprint density at radius 1 is 1.19 bits per heavy atom. The summed E-state index contributed by atoms with van der Waals surface area (Å²) in [6.45, 7) is 0. The van der Waals surface area contributed by atoms with Crippen LogP contribution in [-0.2, 0) is 0 Å². The highest BCUT2D eigenvalue weighted by Gasteiger charge is 2.14. The van der Waals surface area contributed by atoms with E-state index in [2.05, 4.69) is 49.0 Å². The molecule has 1 N–H and O–H groups in total. The standard InChI is InChI=1S/C20H13BrIN3O2/c21-15-8-14-9-18(27-19(14)17(22)10-15)20(26)24-23-11-13-6-7-25(12-13)16-4-2-1-3-5-16/h1-12H,(H,24,26)/b23-11-. The van der Waals surface area contributed by atoms with Crippen LogP contribution in [0.3, 0.4) is 0 Å². The smallest absolute Gasteiger partial charge is 0.307 e. The summed E-state index contributed by atoms with van der Waals surface area (Å²) >= 11 is 5.62. The van der Waals surface area contributed by atoms with Crippen molar-refractivity contribution in [2.75, 3.05) is 0 Å². The van der Waals surface area contributed by atoms with Crippen molar-refractivity contribution in [2.45, 2.75) is 0 Å². The van der Waals surface area contributed by atoms with Crippen LogP contribution in [0, 0.1) is 3.57 Å². The van der Waals surface area contributed by atoms with Gasteiger partial charge in [-0.3, -0.25) is 4.79 Å². The first-order valence-electron chi connectivity index (χ1n) is 8.05. The van der Waals surface area contributed by atoms with Crippen LogP contribution in [0.15, 0.2) is 81.0 Å². The lowest BCUT2D eigenvalue weighted by atomic mass is 10.2. The molecule has 0 spiro atoms. The lowest BCUT2D eigenvalue weighted by Gasteiger charge is -2.00. The zero-order valence-corrected chi connectivity index (χ0v) is 17.6. The monoisotopic (exact) mass is 533 g/mol. The fraction of sp³-hybridized carbons (Fsp3) is 0. The van der Waals surface area contributed by atoms with E-state index >= 15 is 0 Å². The van der Waals surface area contributed by atoms with Crippen LogP contribution in [0.5, 0.6) is 0 Å². The molecule has 1 amide bonds. The van der Waals surface area contributed by atoms with Crippen molar-refractivity contribution in [1.29, 1.82) is 0 Å². The van der Waals surface area contributed by atoms with Gasteiger partial charge in [0.25, 0.3) is 0 Å². The van der Waals surface area contributed by atoms with Gasteiger partial charge in [-0.2, -0.15) is 5.10 Å². The van der Waals surface area contributed by atoms with Gasteiger partial charge in [0, 0.05) is 33.5 Å². The Morgan fingerprint density at radius 2 is 2.00 bits per heavy atom. The van der Waals surface area contributed by atoms with E-state index in [1.54, 1.807) is 12.3 Å². The van der Waals surface area contributed by atoms with Crippen LogP contribution in [0.2, 0.25) is 0 Å². The van der Waals surface area contributed by atoms with Gasteiger partial charge < -0.3 is 8.98 Å². The Bertz CT molecular complexity index is 1150. The van der Waals surface area contributed by atoms with Gasteiger partial charge in [-0.1, -0.05) is 34.1 Å². The Kier molecular flexibility index (Phi) is 5.13. The average Bonchev–Trinajstić information content (AvgIpc) is 3.29. The largest absolute Gasteiger partial charge is 0.450 e. The maximum absolute atomic E-state index is 12.3. The summed E-state index contributed by atoms with van der Waals surface area (Å²) in [6, 6.07) is 17.4. The Hall–Kier alpha value is -2.39. The van der Waals surface area contributed by atoms with Crippen LogP contribution in [0.1, 0.15) is 16.1 Å². The molecule has 0 aliphatic rings. The molecule has 5 nitrogen and oxygen atoms in total. The number of nitrogens with one attached hydrogen (secondary N) is 1. The van der Waals surface area contributed by atoms with Crippen LogP contribution >= 0.6 is 38.5 Å². The van der Waals surface area contributed by atoms with Crippen molar-refractivity contribution in [2.24, 2.45) is 5.10 Å². The van der Waals surface area contributed by atoms with Crippen molar-refractivity contribution in [1.82, 2.24) is 9.99 Å². The minimum absolute atomic E-state index is 0.222. The Morgan fingerprint density at radius 3 is 2.81 bits per heavy atom. The second-order valence-corrected chi connectivity index (χ2v) is 7.88. The number of furan rings is 1. The molecule has 7 heteroatoms. The van der Waals surface area contributed by atoms with Crippen LogP contribution in [0.4, 0.5) is 0 Å². The number of hydrogen-bond donors (Lipinski definition) is 1. The summed E-state index contributed by atoms with van der Waals surface area (Å²) in [7, 11) is 0. The van der Waals surface area contributed by atoms with Gasteiger partial charge in [-0.25, -0.2) is 5.43 Å². The summed E-state index contributed by atoms with van der Waals surface area (Å²) < 4.78 is 9.52. The molecule has 27 heavy (non-hydrogen) atoms. The van der Waals surface area contributed by atoms with Gasteiger partial charge in [0.15, 0.2) is 5.76 Å². The highest BCUT2D eigenvalue weighted by Crippen LogP contribution is 2.28. The molecule has 0 bridgehead atoms. The molecule has 134 valence electrons. The van der Waals surface area contributed by atoms with Gasteiger partial charge in [0.2, 0.25) is 0 Å². The minimum atomic E-state index is -0.392. The van der Waals surface area contributed by atoms with Gasteiger partial charge in [-0.15, -0.1) is 0 Å².